The molecule has 25 heavy (non-hydrogen) atoms. The van der Waals surface area contributed by atoms with Crippen molar-refractivity contribution in [3.8, 4) is 11.1 Å². The average molecular weight is 333 g/mol. The Hall–Kier alpha value is -2.59. The van der Waals surface area contributed by atoms with Gasteiger partial charge in [0.2, 0.25) is 5.91 Å². The number of benzene rings is 2. The molecule has 1 unspecified atom stereocenters. The number of nitrogens with two attached hydrogens (primary N) is 1. The first kappa shape index (κ1) is 15.9. The topological polar surface area (TPSA) is 58.4 Å². The summed E-state index contributed by atoms with van der Waals surface area (Å²) in [6.45, 7) is 4.28. The van der Waals surface area contributed by atoms with Crippen molar-refractivity contribution in [1.29, 1.82) is 0 Å². The number of hydrogen-bond donors (Lipinski definition) is 2. The fraction of sp³-hybridized carbons (Fsp3) is 0.286. The third-order valence-corrected chi connectivity index (χ3v) is 5.08. The molecule has 4 rings (SSSR count). The van der Waals surface area contributed by atoms with Crippen LogP contribution in [0.5, 0.6) is 0 Å². The van der Waals surface area contributed by atoms with Crippen LogP contribution in [0.25, 0.3) is 23.4 Å². The molecule has 2 aromatic rings. The van der Waals surface area contributed by atoms with Crippen molar-refractivity contribution in [3.63, 3.8) is 0 Å². The predicted molar refractivity (Wildman–Crippen MR) is 100 cm³/mol. The van der Waals surface area contributed by atoms with Gasteiger partial charge in [0.15, 0.2) is 0 Å². The van der Waals surface area contributed by atoms with Crippen molar-refractivity contribution < 1.29 is 4.79 Å². The minimum Gasteiger partial charge on any atom is -0.366 e. The quantitative estimate of drug-likeness (QED) is 0.509. The zero-order chi connectivity index (χ0) is 17.6. The first-order chi connectivity index (χ1) is 12.0. The van der Waals surface area contributed by atoms with E-state index in [-0.39, 0.29) is 18.0 Å². The molecule has 0 spiro atoms. The van der Waals surface area contributed by atoms with Crippen molar-refractivity contribution in [2.45, 2.75) is 32.9 Å². The Labute approximate surface area is 147 Å². The van der Waals surface area contributed by atoms with E-state index in [4.69, 9.17) is 5.84 Å². The average Bonchev–Trinajstić information content (AvgIpc) is 3.45. The number of hydrogen-bond acceptors (Lipinski definition) is 3. The van der Waals surface area contributed by atoms with Gasteiger partial charge in [-0.25, -0.2) is 5.84 Å². The maximum absolute atomic E-state index is 12.2. The summed E-state index contributed by atoms with van der Waals surface area (Å²) in [5.74, 6) is 6.16. The molecule has 4 heteroatoms. The van der Waals surface area contributed by atoms with E-state index in [2.05, 4.69) is 55.6 Å². The Morgan fingerprint density at radius 3 is 2.52 bits per heavy atom. The summed E-state index contributed by atoms with van der Waals surface area (Å²) in [6.07, 6.45) is 5.60. The van der Waals surface area contributed by atoms with Crippen LogP contribution in [0.3, 0.4) is 0 Å². The molecule has 1 amide bonds. The lowest BCUT2D eigenvalue weighted by Crippen LogP contribution is -2.54. The third kappa shape index (κ3) is 2.94. The molecule has 1 aliphatic carbocycles. The highest BCUT2D eigenvalue weighted by Crippen LogP contribution is 2.30. The molecule has 0 radical (unpaired) electrons. The number of hydrazine groups is 1. The van der Waals surface area contributed by atoms with Gasteiger partial charge in [-0.3, -0.25) is 9.80 Å². The molecule has 1 heterocycles. The number of carbonyl (C=O) groups is 1. The van der Waals surface area contributed by atoms with Gasteiger partial charge in [-0.15, -0.1) is 0 Å². The van der Waals surface area contributed by atoms with Gasteiger partial charge in [-0.1, -0.05) is 30.3 Å². The highest BCUT2D eigenvalue weighted by Gasteiger charge is 2.34. The smallest absolute Gasteiger partial charge is 0.241 e. The van der Waals surface area contributed by atoms with E-state index in [1.54, 1.807) is 0 Å². The molecular weight excluding hydrogens is 310 g/mol. The Balaban J connectivity index is 1.69. The van der Waals surface area contributed by atoms with E-state index >= 15 is 0 Å². The van der Waals surface area contributed by atoms with Crippen molar-refractivity contribution in [1.82, 2.24) is 10.3 Å². The van der Waals surface area contributed by atoms with Crippen LogP contribution in [0, 0.1) is 19.8 Å². The SMILES string of the molecule is Cc1cccc(C)c1-c1ccc2c(c1)=CNC(N(N)C(=O)C1CC1)C=2. The molecule has 4 nitrogen and oxygen atoms in total. The van der Waals surface area contributed by atoms with E-state index in [9.17, 15) is 4.79 Å². The largest absolute Gasteiger partial charge is 0.366 e. The van der Waals surface area contributed by atoms with Crippen molar-refractivity contribution in [2.24, 2.45) is 11.8 Å². The first-order valence-corrected chi connectivity index (χ1v) is 8.77. The highest BCUT2D eigenvalue weighted by molar-refractivity contribution is 5.81. The zero-order valence-electron chi connectivity index (χ0n) is 14.6. The summed E-state index contributed by atoms with van der Waals surface area (Å²) in [5, 5.41) is 6.79. The van der Waals surface area contributed by atoms with Gasteiger partial charge in [-0.2, -0.15) is 0 Å². The van der Waals surface area contributed by atoms with Gasteiger partial charge >= 0.3 is 0 Å². The molecule has 2 aliphatic rings. The molecule has 0 saturated heterocycles. The molecule has 2 aromatic carbocycles. The molecule has 3 N–H and O–H groups in total. The van der Waals surface area contributed by atoms with E-state index in [1.807, 2.05) is 12.3 Å². The van der Waals surface area contributed by atoms with Crippen LogP contribution in [0.4, 0.5) is 0 Å². The van der Waals surface area contributed by atoms with Gasteiger partial charge < -0.3 is 5.32 Å². The molecule has 0 aromatic heterocycles. The summed E-state index contributed by atoms with van der Waals surface area (Å²) in [5.41, 5.74) is 5.03. The summed E-state index contributed by atoms with van der Waals surface area (Å²) < 4.78 is 0. The number of aryl methyl sites for hydroxylation is 2. The molecule has 128 valence electrons. The fourth-order valence-electron chi connectivity index (χ4n) is 3.51. The second kappa shape index (κ2) is 6.05. The van der Waals surface area contributed by atoms with Crippen LogP contribution in [0.2, 0.25) is 0 Å². The van der Waals surface area contributed by atoms with Crippen LogP contribution in [0.15, 0.2) is 36.4 Å². The molecule has 1 atom stereocenters. The fourth-order valence-corrected chi connectivity index (χ4v) is 3.51. The summed E-state index contributed by atoms with van der Waals surface area (Å²) in [4.78, 5) is 12.2. The number of nitrogens with zero attached hydrogens (tertiary/aromatic N) is 1. The lowest BCUT2D eigenvalue weighted by Gasteiger charge is -2.27. The van der Waals surface area contributed by atoms with Crippen LogP contribution >= 0.6 is 0 Å². The van der Waals surface area contributed by atoms with Crippen LogP contribution in [0.1, 0.15) is 24.0 Å². The monoisotopic (exact) mass is 333 g/mol. The maximum Gasteiger partial charge on any atom is 0.241 e. The Morgan fingerprint density at radius 2 is 1.84 bits per heavy atom. The molecule has 0 bridgehead atoms. The third-order valence-electron chi connectivity index (χ3n) is 5.08. The zero-order valence-corrected chi connectivity index (χ0v) is 14.6. The van der Waals surface area contributed by atoms with Crippen molar-refractivity contribution in [3.05, 3.63) is 58.0 Å². The van der Waals surface area contributed by atoms with Crippen LogP contribution in [-0.4, -0.2) is 17.1 Å². The van der Waals surface area contributed by atoms with Gasteiger partial charge in [0.25, 0.3) is 0 Å². The van der Waals surface area contributed by atoms with Crippen molar-refractivity contribution in [2.75, 3.05) is 0 Å². The Kier molecular flexibility index (Phi) is 3.85. The second-order valence-corrected chi connectivity index (χ2v) is 7.05. The number of amides is 1. The van der Waals surface area contributed by atoms with Gasteiger partial charge in [0.1, 0.15) is 6.17 Å². The number of rotatable bonds is 3. The van der Waals surface area contributed by atoms with Crippen LogP contribution in [-0.2, 0) is 4.79 Å². The minimum absolute atomic E-state index is 0.0257. The standard InChI is InChI=1S/C21H23N3O/c1-13-4-3-5-14(2)20(13)17-9-8-16-11-19(23-12-18(16)10-17)24(22)21(25)15-6-7-15/h3-5,8-12,15,19,23H,6-7,22H2,1-2H3. The van der Waals surface area contributed by atoms with E-state index < -0.39 is 0 Å². The molecular formula is C21H23N3O. The van der Waals surface area contributed by atoms with Crippen molar-refractivity contribution >= 4 is 18.2 Å². The first-order valence-electron chi connectivity index (χ1n) is 8.77. The Morgan fingerprint density at radius 1 is 1.12 bits per heavy atom. The van der Waals surface area contributed by atoms with E-state index in [0.29, 0.717) is 0 Å². The molecule has 1 fully saturated rings. The predicted octanol–water partition coefficient (Wildman–Crippen LogP) is 1.53. The minimum atomic E-state index is -0.286. The number of nitrogens with one attached hydrogen (secondary N) is 1. The van der Waals surface area contributed by atoms with Gasteiger partial charge in [0.05, 0.1) is 0 Å². The van der Waals surface area contributed by atoms with E-state index in [1.165, 1.54) is 27.3 Å². The second-order valence-electron chi connectivity index (χ2n) is 7.05. The summed E-state index contributed by atoms with van der Waals surface area (Å²) in [7, 11) is 0. The lowest BCUT2D eigenvalue weighted by molar-refractivity contribution is -0.134. The molecule has 1 saturated carbocycles. The summed E-state index contributed by atoms with van der Waals surface area (Å²) in [6, 6.07) is 12.8. The normalized spacial score (nSPS) is 18.4. The summed E-state index contributed by atoms with van der Waals surface area (Å²) >= 11 is 0. The lowest BCUT2D eigenvalue weighted by atomic mass is 9.95. The van der Waals surface area contributed by atoms with Gasteiger partial charge in [0, 0.05) is 12.1 Å². The van der Waals surface area contributed by atoms with Crippen LogP contribution < -0.4 is 21.6 Å². The van der Waals surface area contributed by atoms with Gasteiger partial charge in [-0.05, 0) is 71.5 Å². The Bertz CT molecular complexity index is 939. The molecule has 1 aliphatic heterocycles. The maximum atomic E-state index is 12.2. The highest BCUT2D eigenvalue weighted by atomic mass is 16.2. The number of fused-ring (bicyclic) bond motifs is 1. The van der Waals surface area contributed by atoms with E-state index in [0.717, 1.165) is 23.3 Å². The number of carbonyl (C=O) groups excluding carboxylic acids is 1.